The molecule has 1 saturated heterocycles. The Hall–Kier alpha value is -4.38. The molecule has 1 aliphatic heterocycles. The van der Waals surface area contributed by atoms with Gasteiger partial charge in [0.25, 0.3) is 11.5 Å². The number of aryl methyl sites for hydroxylation is 1. The van der Waals surface area contributed by atoms with Gasteiger partial charge in [-0.25, -0.2) is 9.78 Å². The molecule has 1 aromatic heterocycles. The van der Waals surface area contributed by atoms with Gasteiger partial charge in [-0.2, -0.15) is 0 Å². The second kappa shape index (κ2) is 8.87. The van der Waals surface area contributed by atoms with Crippen LogP contribution in [-0.2, 0) is 14.3 Å². The minimum absolute atomic E-state index is 0.0172. The molecule has 0 spiro atoms. The number of anilines is 1. The third-order valence-corrected chi connectivity index (χ3v) is 6.39. The van der Waals surface area contributed by atoms with Gasteiger partial charge in [0.2, 0.25) is 0 Å². The van der Waals surface area contributed by atoms with Gasteiger partial charge in [-0.15, -0.1) is 0 Å². The fraction of sp³-hybridized carbons (Fsp3) is 0.130. The number of Topliss-reactive ketones (excluding diaryl/α,β-unsaturated/α-hetero) is 1. The van der Waals surface area contributed by atoms with Crippen molar-refractivity contribution in [1.82, 2.24) is 4.98 Å². The van der Waals surface area contributed by atoms with Gasteiger partial charge in [0.1, 0.15) is 10.6 Å². The normalized spacial score (nSPS) is 17.1. The maximum absolute atomic E-state index is 13.2. The van der Waals surface area contributed by atoms with Crippen LogP contribution < -0.4 is 4.90 Å². The number of aliphatic hydroxyl groups excluding tert-OH is 1. The first-order valence-electron chi connectivity index (χ1n) is 9.91. The van der Waals surface area contributed by atoms with E-state index in [0.29, 0.717) is 5.56 Å². The number of benzene rings is 2. The summed E-state index contributed by atoms with van der Waals surface area (Å²) in [6.45, 7) is 1.55. The molecule has 2 heterocycles. The Labute approximate surface area is 196 Å². The summed E-state index contributed by atoms with van der Waals surface area (Å²) in [4.78, 5) is 54.6. The highest BCUT2D eigenvalue weighted by Crippen LogP contribution is 2.44. The van der Waals surface area contributed by atoms with Crippen molar-refractivity contribution in [3.05, 3.63) is 92.0 Å². The number of ether oxygens (including phenoxy) is 1. The van der Waals surface area contributed by atoms with E-state index in [9.17, 15) is 29.6 Å². The van der Waals surface area contributed by atoms with E-state index in [4.69, 9.17) is 4.74 Å². The predicted octanol–water partition coefficient (Wildman–Crippen LogP) is 3.77. The number of methoxy groups -OCH3 is 1. The molecule has 0 saturated carbocycles. The summed E-state index contributed by atoms with van der Waals surface area (Å²) < 4.78 is 4.75. The molecule has 0 aliphatic carbocycles. The zero-order valence-electron chi connectivity index (χ0n) is 17.9. The van der Waals surface area contributed by atoms with Gasteiger partial charge >= 0.3 is 11.9 Å². The van der Waals surface area contributed by atoms with Crippen molar-refractivity contribution < 1.29 is 29.2 Å². The van der Waals surface area contributed by atoms with Gasteiger partial charge in [0.15, 0.2) is 5.13 Å². The number of esters is 1. The summed E-state index contributed by atoms with van der Waals surface area (Å²) in [6, 6.07) is 12.4. The number of hydrogen-bond donors (Lipinski definition) is 1. The van der Waals surface area contributed by atoms with Crippen LogP contribution in [0.1, 0.15) is 32.5 Å². The van der Waals surface area contributed by atoms with Crippen molar-refractivity contribution in [3.8, 4) is 0 Å². The minimum atomic E-state index is -1.21. The third kappa shape index (κ3) is 3.82. The lowest BCUT2D eigenvalue weighted by Crippen LogP contribution is -2.29. The molecule has 0 radical (unpaired) electrons. The number of amides is 1. The molecular formula is C23H17N3O7S. The van der Waals surface area contributed by atoms with Crippen molar-refractivity contribution in [2.75, 3.05) is 12.0 Å². The van der Waals surface area contributed by atoms with Gasteiger partial charge in [0, 0.05) is 17.7 Å². The van der Waals surface area contributed by atoms with Gasteiger partial charge in [-0.05, 0) is 12.5 Å². The van der Waals surface area contributed by atoms with Crippen LogP contribution in [0.25, 0.3) is 5.76 Å². The molecule has 4 rings (SSSR count). The zero-order chi connectivity index (χ0) is 24.6. The minimum Gasteiger partial charge on any atom is -0.507 e. The smallest absolute Gasteiger partial charge is 0.350 e. The van der Waals surface area contributed by atoms with Gasteiger partial charge in [-0.3, -0.25) is 24.6 Å². The first-order chi connectivity index (χ1) is 16.2. The van der Waals surface area contributed by atoms with E-state index in [1.807, 2.05) is 0 Å². The number of hydrogen-bond acceptors (Lipinski definition) is 9. The van der Waals surface area contributed by atoms with Gasteiger partial charge in [-0.1, -0.05) is 53.8 Å². The average molecular weight is 479 g/mol. The van der Waals surface area contributed by atoms with Crippen LogP contribution in [0.3, 0.4) is 0 Å². The van der Waals surface area contributed by atoms with Crippen LogP contribution in [0.15, 0.2) is 60.2 Å². The molecule has 1 fully saturated rings. The molecule has 1 unspecified atom stereocenters. The predicted molar refractivity (Wildman–Crippen MR) is 123 cm³/mol. The van der Waals surface area contributed by atoms with E-state index in [1.165, 1.54) is 31.4 Å². The number of nitrogens with zero attached hydrogens (tertiary/aromatic N) is 3. The lowest BCUT2D eigenvalue weighted by Gasteiger charge is -2.22. The van der Waals surface area contributed by atoms with E-state index in [0.717, 1.165) is 16.2 Å². The number of thiazole rings is 1. The summed E-state index contributed by atoms with van der Waals surface area (Å²) >= 11 is 0.843. The molecule has 11 heteroatoms. The van der Waals surface area contributed by atoms with E-state index < -0.39 is 34.4 Å². The summed E-state index contributed by atoms with van der Waals surface area (Å²) in [5, 5.41) is 22.4. The molecule has 3 aromatic rings. The lowest BCUT2D eigenvalue weighted by atomic mass is 9.95. The quantitative estimate of drug-likeness (QED) is 0.146. The number of aromatic nitrogens is 1. The van der Waals surface area contributed by atoms with Crippen molar-refractivity contribution in [2.45, 2.75) is 13.0 Å². The number of carbonyl (C=O) groups is 3. The Morgan fingerprint density at radius 3 is 2.53 bits per heavy atom. The maximum atomic E-state index is 13.2. The summed E-state index contributed by atoms with van der Waals surface area (Å²) in [5.74, 6) is -3.06. The number of nitro benzene ring substituents is 1. The maximum Gasteiger partial charge on any atom is 0.350 e. The average Bonchev–Trinajstić information content (AvgIpc) is 3.35. The summed E-state index contributed by atoms with van der Waals surface area (Å²) in [5.41, 5.74) is 0.298. The third-order valence-electron chi connectivity index (χ3n) is 5.25. The first kappa shape index (κ1) is 22.8. The van der Waals surface area contributed by atoms with Crippen LogP contribution >= 0.6 is 11.3 Å². The summed E-state index contributed by atoms with van der Waals surface area (Å²) in [6.07, 6.45) is 0. The van der Waals surface area contributed by atoms with Crippen LogP contribution in [0, 0.1) is 17.0 Å². The Bertz CT molecular complexity index is 1360. The van der Waals surface area contributed by atoms with Gasteiger partial charge in [0.05, 0.1) is 29.3 Å². The fourth-order valence-electron chi connectivity index (χ4n) is 3.67. The molecule has 2 aromatic carbocycles. The number of nitro groups is 1. The van der Waals surface area contributed by atoms with E-state index in [-0.39, 0.29) is 32.5 Å². The molecule has 34 heavy (non-hydrogen) atoms. The van der Waals surface area contributed by atoms with Crippen molar-refractivity contribution in [1.29, 1.82) is 0 Å². The zero-order valence-corrected chi connectivity index (χ0v) is 18.7. The SMILES string of the molecule is COC(=O)c1sc(N2C(=O)C(=O)/C(=C(\O)c3ccccc3)C2c2cccc([N+](=O)[O-])c2)nc1C. The second-order valence-electron chi connectivity index (χ2n) is 7.29. The summed E-state index contributed by atoms with van der Waals surface area (Å²) in [7, 11) is 1.20. The van der Waals surface area contributed by atoms with Crippen LogP contribution in [0.5, 0.6) is 0 Å². The molecule has 10 nitrogen and oxygen atoms in total. The van der Waals surface area contributed by atoms with Crippen molar-refractivity contribution in [2.24, 2.45) is 0 Å². The number of ketones is 1. The molecule has 1 aliphatic rings. The second-order valence-corrected chi connectivity index (χ2v) is 8.27. The highest BCUT2D eigenvalue weighted by Gasteiger charge is 2.48. The Balaban J connectivity index is 1.96. The largest absolute Gasteiger partial charge is 0.507 e. The van der Waals surface area contributed by atoms with Crippen LogP contribution in [0.2, 0.25) is 0 Å². The number of aliphatic hydroxyl groups is 1. The standard InChI is InChI=1S/C23H17N3O7S/c1-12-20(22(30)33-2)34-23(24-12)25-17(14-9-6-10-15(11-14)26(31)32)16(19(28)21(25)29)18(27)13-7-4-3-5-8-13/h3-11,17,27H,1-2H3/b18-16-. The molecule has 1 N–H and O–H groups in total. The molecule has 1 atom stereocenters. The van der Waals surface area contributed by atoms with Gasteiger partial charge < -0.3 is 9.84 Å². The molecule has 0 bridgehead atoms. The first-order valence-corrected chi connectivity index (χ1v) is 10.7. The van der Waals surface area contributed by atoms with Crippen molar-refractivity contribution in [3.63, 3.8) is 0 Å². The Morgan fingerprint density at radius 2 is 1.88 bits per heavy atom. The molecule has 172 valence electrons. The highest BCUT2D eigenvalue weighted by molar-refractivity contribution is 7.17. The van der Waals surface area contributed by atoms with Crippen LogP contribution in [0.4, 0.5) is 10.8 Å². The fourth-order valence-corrected chi connectivity index (χ4v) is 4.68. The molecular weight excluding hydrogens is 462 g/mol. The number of rotatable bonds is 5. The van der Waals surface area contributed by atoms with E-state index in [1.54, 1.807) is 37.3 Å². The van der Waals surface area contributed by atoms with Crippen molar-refractivity contribution >= 4 is 45.6 Å². The van der Waals surface area contributed by atoms with E-state index in [2.05, 4.69) is 4.98 Å². The topological polar surface area (TPSA) is 140 Å². The highest BCUT2D eigenvalue weighted by atomic mass is 32.1. The number of non-ortho nitro benzene ring substituents is 1. The Morgan fingerprint density at radius 1 is 1.18 bits per heavy atom. The molecule has 1 amide bonds. The monoisotopic (exact) mass is 479 g/mol. The Kier molecular flexibility index (Phi) is 5.95. The van der Waals surface area contributed by atoms with E-state index >= 15 is 0 Å². The number of carbonyl (C=O) groups excluding carboxylic acids is 3. The van der Waals surface area contributed by atoms with Crippen LogP contribution in [-0.4, -0.2) is 39.8 Å². The lowest BCUT2D eigenvalue weighted by molar-refractivity contribution is -0.384.